The fourth-order valence-corrected chi connectivity index (χ4v) is 8.80. The smallest absolute Gasteiger partial charge is 0.326 e. The second-order valence-corrected chi connectivity index (χ2v) is 19.8. The van der Waals surface area contributed by atoms with Gasteiger partial charge in [-0.2, -0.15) is 0 Å². The largest absolute Gasteiger partial charge is 0.480 e. The van der Waals surface area contributed by atoms with E-state index in [1.54, 1.807) is 13.8 Å². The van der Waals surface area contributed by atoms with Crippen molar-refractivity contribution in [3.05, 3.63) is 0 Å². The Morgan fingerprint density at radius 3 is 1.59 bits per heavy atom. The summed E-state index contributed by atoms with van der Waals surface area (Å²) < 4.78 is 0. The number of amides is 10. The number of hydrogen-bond acceptors (Lipinski definition) is 15. The quantitative estimate of drug-likeness (QED) is 0.0163. The molecular weight excluding hydrogens is 981 g/mol. The summed E-state index contributed by atoms with van der Waals surface area (Å²) in [6.07, 6.45) is 2.42. The van der Waals surface area contributed by atoms with Crippen molar-refractivity contribution in [2.24, 2.45) is 57.0 Å². The Balaban J connectivity index is 2.36. The molecule has 21 N–H and O–H groups in total. The van der Waals surface area contributed by atoms with E-state index in [0.717, 1.165) is 0 Å². The molecule has 0 spiro atoms. The van der Waals surface area contributed by atoms with Gasteiger partial charge >= 0.3 is 5.97 Å². The third kappa shape index (κ3) is 22.0. The summed E-state index contributed by atoms with van der Waals surface area (Å²) in [6, 6.07) is -11.6. The first-order chi connectivity index (χ1) is 35.3. The Kier molecular flexibility index (Phi) is 28.0. The topological polar surface area (TPSA) is 481 Å². The Morgan fingerprint density at radius 2 is 1.05 bits per heavy atom. The first-order valence-electron chi connectivity index (χ1n) is 25.8. The highest BCUT2D eigenvalue weighted by molar-refractivity contribution is 6.00. The Labute approximate surface area is 437 Å². The van der Waals surface area contributed by atoms with Crippen LogP contribution in [0.5, 0.6) is 0 Å². The number of aliphatic imine (C=N–C) groups is 1. The summed E-state index contributed by atoms with van der Waals surface area (Å²) in [5.41, 5.74) is 39.2. The van der Waals surface area contributed by atoms with E-state index in [9.17, 15) is 57.8 Å². The number of nitrogens with zero attached hydrogens (tertiary/aromatic N) is 3. The molecule has 424 valence electrons. The van der Waals surface area contributed by atoms with E-state index < -0.39 is 138 Å². The minimum atomic E-state index is -1.64. The van der Waals surface area contributed by atoms with Crippen LogP contribution in [0, 0.1) is 11.8 Å². The second-order valence-electron chi connectivity index (χ2n) is 19.8. The molecule has 0 unspecified atom stereocenters. The number of aliphatic carboxylic acids is 1. The zero-order valence-corrected chi connectivity index (χ0v) is 43.8. The summed E-state index contributed by atoms with van der Waals surface area (Å²) in [4.78, 5) is 154. The highest BCUT2D eigenvalue weighted by Crippen LogP contribution is 2.26. The van der Waals surface area contributed by atoms with Crippen LogP contribution in [0.2, 0.25) is 0 Å². The SMILES string of the molecule is CC(C)C[C@H](NC(=O)[C@@H]1CCCN1C(=O)[C@@H]1CCCN1C(=O)[C@H](CC(N)=O)NC(=O)[C@H](CCCCN)NC(=O)[C@@H](N)CCCCN)C(=O)N[C@@H](CCCN=C(N)N)C(=O)N[C@@H](CC(N)=O)C(=O)N[C@H](C(=O)O)C(C)C. The van der Waals surface area contributed by atoms with Crippen LogP contribution in [0.15, 0.2) is 4.99 Å². The highest BCUT2D eigenvalue weighted by Gasteiger charge is 2.45. The number of carbonyl (C=O) groups is 11. The van der Waals surface area contributed by atoms with Gasteiger partial charge in [0.05, 0.1) is 18.9 Å². The van der Waals surface area contributed by atoms with Gasteiger partial charge in [0.15, 0.2) is 5.96 Å². The van der Waals surface area contributed by atoms with Crippen LogP contribution in [0.4, 0.5) is 0 Å². The monoisotopic (exact) mass is 1060 g/mol. The average Bonchev–Trinajstić information content (AvgIpc) is 4.03. The van der Waals surface area contributed by atoms with Crippen molar-refractivity contribution in [1.82, 2.24) is 41.7 Å². The third-order valence-corrected chi connectivity index (χ3v) is 12.8. The fourth-order valence-electron chi connectivity index (χ4n) is 8.80. The molecule has 0 aliphatic carbocycles. The summed E-state index contributed by atoms with van der Waals surface area (Å²) in [5, 5.41) is 24.9. The third-order valence-electron chi connectivity index (χ3n) is 12.8. The van der Waals surface area contributed by atoms with Crippen molar-refractivity contribution in [3.8, 4) is 0 Å². The van der Waals surface area contributed by atoms with Crippen LogP contribution < -0.4 is 72.0 Å². The molecule has 0 radical (unpaired) electrons. The van der Waals surface area contributed by atoms with Crippen LogP contribution in [-0.4, -0.2) is 173 Å². The lowest BCUT2D eigenvalue weighted by Gasteiger charge is -2.33. The number of carbonyl (C=O) groups excluding carboxylic acids is 10. The Morgan fingerprint density at radius 1 is 0.573 bits per heavy atom. The van der Waals surface area contributed by atoms with Gasteiger partial charge in [-0.25, -0.2) is 4.79 Å². The van der Waals surface area contributed by atoms with E-state index in [1.807, 2.05) is 0 Å². The lowest BCUT2D eigenvalue weighted by atomic mass is 10.0. The molecule has 2 heterocycles. The predicted molar refractivity (Wildman–Crippen MR) is 274 cm³/mol. The molecule has 10 amide bonds. The number of likely N-dealkylation sites (tertiary alicyclic amines) is 2. The summed E-state index contributed by atoms with van der Waals surface area (Å²) in [7, 11) is 0. The van der Waals surface area contributed by atoms with Gasteiger partial charge in [-0.3, -0.25) is 52.9 Å². The van der Waals surface area contributed by atoms with Crippen molar-refractivity contribution in [2.75, 3.05) is 32.7 Å². The molecule has 0 saturated carbocycles. The first-order valence-corrected chi connectivity index (χ1v) is 25.8. The van der Waals surface area contributed by atoms with Crippen molar-refractivity contribution < 1.29 is 57.8 Å². The van der Waals surface area contributed by atoms with Gasteiger partial charge in [-0.1, -0.05) is 34.1 Å². The maximum Gasteiger partial charge on any atom is 0.326 e. The molecule has 2 rings (SSSR count). The van der Waals surface area contributed by atoms with Crippen LogP contribution in [0.3, 0.4) is 0 Å². The first kappa shape index (κ1) is 64.4. The van der Waals surface area contributed by atoms with Gasteiger partial charge in [-0.15, -0.1) is 0 Å². The highest BCUT2D eigenvalue weighted by atomic mass is 16.4. The molecule has 28 nitrogen and oxygen atoms in total. The maximum absolute atomic E-state index is 14.5. The van der Waals surface area contributed by atoms with Crippen LogP contribution in [0.1, 0.15) is 124 Å². The van der Waals surface area contributed by atoms with E-state index >= 15 is 0 Å². The number of carboxylic acids is 1. The van der Waals surface area contributed by atoms with Gasteiger partial charge in [0.1, 0.15) is 48.3 Å². The molecule has 0 aromatic carbocycles. The zero-order chi connectivity index (χ0) is 56.5. The maximum atomic E-state index is 14.5. The average molecular weight is 1070 g/mol. The molecule has 0 aromatic heterocycles. The summed E-state index contributed by atoms with van der Waals surface area (Å²) in [6.45, 7) is 7.57. The zero-order valence-electron chi connectivity index (χ0n) is 43.8. The van der Waals surface area contributed by atoms with Crippen LogP contribution >= 0.6 is 0 Å². The number of rotatable bonds is 34. The molecule has 9 atom stereocenters. The Bertz CT molecular complexity index is 2020. The fraction of sp³-hybridized carbons (Fsp3) is 0.745. The van der Waals surface area contributed by atoms with Gasteiger partial charge in [0.2, 0.25) is 59.1 Å². The normalized spacial score (nSPS) is 18.1. The van der Waals surface area contributed by atoms with E-state index in [4.69, 9.17) is 40.1 Å². The number of guanidine groups is 1. The summed E-state index contributed by atoms with van der Waals surface area (Å²) in [5.74, 6) is -10.6. The molecule has 0 bridgehead atoms. The van der Waals surface area contributed by atoms with Gasteiger partial charge in [0, 0.05) is 19.6 Å². The minimum Gasteiger partial charge on any atom is -0.480 e. The van der Waals surface area contributed by atoms with Gasteiger partial charge < -0.3 is 86.9 Å². The van der Waals surface area contributed by atoms with Crippen LogP contribution in [-0.2, 0) is 52.7 Å². The number of primary amides is 2. The second kappa shape index (κ2) is 32.6. The predicted octanol–water partition coefficient (Wildman–Crippen LogP) is -4.95. The van der Waals surface area contributed by atoms with Crippen LogP contribution in [0.25, 0.3) is 0 Å². The molecule has 0 aromatic rings. The molecule has 2 aliphatic heterocycles. The van der Waals surface area contributed by atoms with Crippen molar-refractivity contribution in [2.45, 2.75) is 178 Å². The number of carboxylic acid groups (broad SMARTS) is 1. The standard InChI is InChI=1S/C47H84N16O12/c1-25(2)22-30(41(69)57-29(14-9-19-55-47(53)54)39(67)58-31(23-35(51)64)42(70)61-37(26(3)4)46(74)75)59-43(71)33-15-10-20-62(33)45(73)34-16-11-21-63(34)44(72)32(24-36(52)65)60-40(68)28(13-6-8-18-49)56-38(66)27(50)12-5-7-17-48/h25-34,37H,5-24,48-50H2,1-4H3,(H2,51,64)(H2,52,65)(H,56,66)(H,57,69)(H,58,67)(H,59,71)(H,60,68)(H,61,70)(H,74,75)(H4,53,54,55)/t27-,28-,29-,30-,31-,32-,33-,34-,37-/m0/s1. The van der Waals surface area contributed by atoms with Gasteiger partial charge in [-0.05, 0) is 102 Å². The van der Waals surface area contributed by atoms with Crippen molar-refractivity contribution in [1.29, 1.82) is 0 Å². The van der Waals surface area contributed by atoms with E-state index in [0.29, 0.717) is 58.0 Å². The lowest BCUT2D eigenvalue weighted by Crippen LogP contribution is -2.60. The number of nitrogens with one attached hydrogen (secondary N) is 6. The van der Waals surface area contributed by atoms with E-state index in [1.165, 1.54) is 23.6 Å². The molecular formula is C47H84N16O12. The summed E-state index contributed by atoms with van der Waals surface area (Å²) >= 11 is 0. The van der Waals surface area contributed by atoms with E-state index in [2.05, 4.69) is 36.9 Å². The Hall–Kier alpha value is -6.68. The molecule has 2 fully saturated rings. The van der Waals surface area contributed by atoms with E-state index in [-0.39, 0.29) is 70.0 Å². The molecule has 28 heteroatoms. The molecule has 2 aliphatic rings. The number of nitrogens with two attached hydrogens (primary N) is 7. The van der Waals surface area contributed by atoms with Crippen molar-refractivity contribution >= 4 is 71.0 Å². The van der Waals surface area contributed by atoms with Crippen molar-refractivity contribution in [3.63, 3.8) is 0 Å². The minimum absolute atomic E-state index is 0.0197. The lowest BCUT2D eigenvalue weighted by molar-refractivity contribution is -0.148. The number of hydrogen-bond donors (Lipinski definition) is 14. The van der Waals surface area contributed by atoms with Gasteiger partial charge in [0.25, 0.3) is 0 Å². The number of unbranched alkanes of at least 4 members (excludes halogenated alkanes) is 2. The molecule has 2 saturated heterocycles. The molecule has 75 heavy (non-hydrogen) atoms.